The first-order valence-electron chi connectivity index (χ1n) is 5.89. The summed E-state index contributed by atoms with van der Waals surface area (Å²) in [5, 5.41) is 0. The van der Waals surface area contributed by atoms with Gasteiger partial charge in [-0.1, -0.05) is 38.1 Å². The molecule has 0 aliphatic carbocycles. The van der Waals surface area contributed by atoms with Gasteiger partial charge >= 0.3 is 11.9 Å². The Balaban J connectivity index is 2.13. The highest BCUT2D eigenvalue weighted by Crippen LogP contribution is 2.27. The van der Waals surface area contributed by atoms with Crippen molar-refractivity contribution in [3.05, 3.63) is 35.4 Å². The van der Waals surface area contributed by atoms with Crippen LogP contribution in [0.5, 0.6) is 0 Å². The van der Waals surface area contributed by atoms with E-state index in [1.807, 2.05) is 24.3 Å². The summed E-state index contributed by atoms with van der Waals surface area (Å²) in [4.78, 5) is 22.4. The Labute approximate surface area is 101 Å². The highest BCUT2D eigenvalue weighted by Gasteiger charge is 2.34. The standard InChI is InChI=1S/C14H16O3/c1-9(2)7-10-3-5-11(6-4-10)12-8-13(15)17-14(12)16/h3-6,9,12H,7-8H2,1-2H3/t12-/m1/s1. The second-order valence-electron chi connectivity index (χ2n) is 4.89. The van der Waals surface area contributed by atoms with Crippen LogP contribution >= 0.6 is 0 Å². The number of esters is 2. The fraction of sp³-hybridized carbons (Fsp3) is 0.429. The average molecular weight is 232 g/mol. The van der Waals surface area contributed by atoms with Gasteiger partial charge in [0, 0.05) is 0 Å². The first-order chi connectivity index (χ1) is 8.06. The maximum Gasteiger partial charge on any atom is 0.321 e. The highest BCUT2D eigenvalue weighted by atomic mass is 16.6. The Morgan fingerprint density at radius 3 is 2.35 bits per heavy atom. The third-order valence-electron chi connectivity index (χ3n) is 2.90. The minimum absolute atomic E-state index is 0.169. The van der Waals surface area contributed by atoms with E-state index in [4.69, 9.17) is 0 Å². The van der Waals surface area contributed by atoms with Gasteiger partial charge < -0.3 is 4.74 Å². The van der Waals surface area contributed by atoms with Crippen molar-refractivity contribution in [2.45, 2.75) is 32.6 Å². The summed E-state index contributed by atoms with van der Waals surface area (Å²) < 4.78 is 4.55. The van der Waals surface area contributed by atoms with Crippen LogP contribution in [0, 0.1) is 5.92 Å². The lowest BCUT2D eigenvalue weighted by Gasteiger charge is -2.08. The largest absolute Gasteiger partial charge is 0.393 e. The molecule has 1 heterocycles. The molecule has 3 heteroatoms. The molecule has 90 valence electrons. The molecule has 0 N–H and O–H groups in total. The molecule has 1 aliphatic rings. The normalized spacial score (nSPS) is 19.8. The van der Waals surface area contributed by atoms with Gasteiger partial charge in [-0.05, 0) is 23.5 Å². The number of ether oxygens (including phenoxy) is 1. The quantitative estimate of drug-likeness (QED) is 0.594. The van der Waals surface area contributed by atoms with E-state index in [0.717, 1.165) is 12.0 Å². The summed E-state index contributed by atoms with van der Waals surface area (Å²) in [6.45, 7) is 4.34. The molecule has 2 rings (SSSR count). The SMILES string of the molecule is CC(C)Cc1ccc([C@H]2CC(=O)OC2=O)cc1. The Morgan fingerprint density at radius 2 is 1.88 bits per heavy atom. The molecule has 1 saturated heterocycles. The molecule has 1 aromatic rings. The molecule has 0 bridgehead atoms. The molecule has 17 heavy (non-hydrogen) atoms. The van der Waals surface area contributed by atoms with Gasteiger partial charge in [0.15, 0.2) is 0 Å². The van der Waals surface area contributed by atoms with Gasteiger partial charge in [0.25, 0.3) is 0 Å². The fourth-order valence-electron chi connectivity index (χ4n) is 2.09. The van der Waals surface area contributed by atoms with Gasteiger partial charge in [0.2, 0.25) is 0 Å². The zero-order chi connectivity index (χ0) is 12.4. The van der Waals surface area contributed by atoms with Crippen LogP contribution in [0.15, 0.2) is 24.3 Å². The predicted molar refractivity (Wildman–Crippen MR) is 63.4 cm³/mol. The number of carbonyl (C=O) groups is 2. The first-order valence-corrected chi connectivity index (χ1v) is 5.89. The smallest absolute Gasteiger partial charge is 0.321 e. The lowest BCUT2D eigenvalue weighted by molar-refractivity contribution is -0.152. The zero-order valence-corrected chi connectivity index (χ0v) is 10.1. The summed E-state index contributed by atoms with van der Waals surface area (Å²) in [5.74, 6) is -0.646. The van der Waals surface area contributed by atoms with Gasteiger partial charge in [-0.2, -0.15) is 0 Å². The van der Waals surface area contributed by atoms with Crippen LogP contribution in [0.2, 0.25) is 0 Å². The van der Waals surface area contributed by atoms with Crippen molar-refractivity contribution in [3.63, 3.8) is 0 Å². The molecule has 0 aromatic heterocycles. The first kappa shape index (κ1) is 11.8. The van der Waals surface area contributed by atoms with Gasteiger partial charge in [0.1, 0.15) is 0 Å². The third kappa shape index (κ3) is 2.73. The topological polar surface area (TPSA) is 43.4 Å². The molecule has 1 fully saturated rings. The molecule has 0 saturated carbocycles. The van der Waals surface area contributed by atoms with Crippen LogP contribution < -0.4 is 0 Å². The fourth-order valence-corrected chi connectivity index (χ4v) is 2.09. The van der Waals surface area contributed by atoms with Crippen molar-refractivity contribution in [2.24, 2.45) is 5.92 Å². The summed E-state index contributed by atoms with van der Waals surface area (Å²) in [6, 6.07) is 7.88. The van der Waals surface area contributed by atoms with Crippen LogP contribution in [0.25, 0.3) is 0 Å². The molecule has 1 aliphatic heterocycles. The Morgan fingerprint density at radius 1 is 1.24 bits per heavy atom. The molecule has 1 aromatic carbocycles. The zero-order valence-electron chi connectivity index (χ0n) is 10.1. The van der Waals surface area contributed by atoms with Crippen molar-refractivity contribution in [1.29, 1.82) is 0 Å². The predicted octanol–water partition coefficient (Wildman–Crippen LogP) is 2.44. The maximum absolute atomic E-state index is 11.4. The molecule has 0 unspecified atom stereocenters. The summed E-state index contributed by atoms with van der Waals surface area (Å²) >= 11 is 0. The molecular weight excluding hydrogens is 216 g/mol. The highest BCUT2D eigenvalue weighted by molar-refractivity contribution is 5.97. The number of hydrogen-bond acceptors (Lipinski definition) is 3. The van der Waals surface area contributed by atoms with E-state index < -0.39 is 17.9 Å². The molecule has 0 amide bonds. The molecule has 3 nitrogen and oxygen atoms in total. The maximum atomic E-state index is 11.4. The van der Waals surface area contributed by atoms with Gasteiger partial charge in [0.05, 0.1) is 12.3 Å². The van der Waals surface area contributed by atoms with Crippen molar-refractivity contribution in [3.8, 4) is 0 Å². The molecule has 0 radical (unpaired) electrons. The van der Waals surface area contributed by atoms with E-state index in [-0.39, 0.29) is 6.42 Å². The Hall–Kier alpha value is -1.64. The van der Waals surface area contributed by atoms with Crippen molar-refractivity contribution >= 4 is 11.9 Å². The summed E-state index contributed by atoms with van der Waals surface area (Å²) in [5.41, 5.74) is 2.12. The lowest BCUT2D eigenvalue weighted by atomic mass is 9.95. The van der Waals surface area contributed by atoms with E-state index >= 15 is 0 Å². The summed E-state index contributed by atoms with van der Waals surface area (Å²) in [7, 11) is 0. The van der Waals surface area contributed by atoms with Gasteiger partial charge in [-0.15, -0.1) is 0 Å². The van der Waals surface area contributed by atoms with E-state index in [2.05, 4.69) is 18.6 Å². The second kappa shape index (κ2) is 4.70. The minimum Gasteiger partial charge on any atom is -0.393 e. The monoisotopic (exact) mass is 232 g/mol. The number of carbonyl (C=O) groups excluding carboxylic acids is 2. The van der Waals surface area contributed by atoms with Gasteiger partial charge in [-0.3, -0.25) is 9.59 Å². The van der Waals surface area contributed by atoms with Gasteiger partial charge in [-0.25, -0.2) is 0 Å². The van der Waals surface area contributed by atoms with E-state index in [9.17, 15) is 9.59 Å². The minimum atomic E-state index is -0.425. The Bertz CT molecular complexity index is 431. The number of cyclic esters (lactones) is 2. The average Bonchev–Trinajstić information content (AvgIpc) is 2.58. The second-order valence-corrected chi connectivity index (χ2v) is 4.89. The van der Waals surface area contributed by atoms with Crippen molar-refractivity contribution in [2.75, 3.05) is 0 Å². The molecule has 1 atom stereocenters. The van der Waals surface area contributed by atoms with Crippen LogP contribution in [0.3, 0.4) is 0 Å². The number of hydrogen-bond donors (Lipinski definition) is 0. The number of benzene rings is 1. The summed E-state index contributed by atoms with van der Waals surface area (Å²) in [6.07, 6.45) is 1.19. The van der Waals surface area contributed by atoms with Crippen molar-refractivity contribution < 1.29 is 14.3 Å². The third-order valence-corrected chi connectivity index (χ3v) is 2.90. The van der Waals surface area contributed by atoms with Crippen LogP contribution in [0.1, 0.15) is 37.3 Å². The van der Waals surface area contributed by atoms with Crippen molar-refractivity contribution in [1.82, 2.24) is 0 Å². The van der Waals surface area contributed by atoms with E-state index in [0.29, 0.717) is 5.92 Å². The van der Waals surface area contributed by atoms with Crippen LogP contribution in [-0.2, 0) is 20.7 Å². The number of rotatable bonds is 3. The molecular formula is C14H16O3. The van der Waals surface area contributed by atoms with E-state index in [1.54, 1.807) is 0 Å². The Kier molecular flexibility index (Phi) is 3.27. The lowest BCUT2D eigenvalue weighted by Crippen LogP contribution is -2.05. The van der Waals surface area contributed by atoms with Crippen LogP contribution in [0.4, 0.5) is 0 Å². The molecule has 0 spiro atoms. The van der Waals surface area contributed by atoms with Crippen LogP contribution in [-0.4, -0.2) is 11.9 Å². The van der Waals surface area contributed by atoms with E-state index in [1.165, 1.54) is 5.56 Å².